The zero-order valence-corrected chi connectivity index (χ0v) is 19.4. The van der Waals surface area contributed by atoms with Crippen LogP contribution in [0.15, 0.2) is 30.5 Å². The Balaban J connectivity index is 1.58. The minimum absolute atomic E-state index is 0.00434. The normalized spacial score (nSPS) is 19.5. The first-order chi connectivity index (χ1) is 17.0. The molecule has 8 heteroatoms. The minimum atomic E-state index is -0.583. The fraction of sp³-hybridized carbons (Fsp3) is 0.333. The number of nitrogens with one attached hydrogen (secondary N) is 1. The molecule has 35 heavy (non-hydrogen) atoms. The Kier molecular flexibility index (Phi) is 5.11. The molecule has 4 heterocycles. The number of piperazine rings is 1. The van der Waals surface area contributed by atoms with Crippen LogP contribution in [0.25, 0.3) is 32.9 Å². The van der Waals surface area contributed by atoms with Crippen molar-refractivity contribution in [3.8, 4) is 29.4 Å². The summed E-state index contributed by atoms with van der Waals surface area (Å²) >= 11 is 0. The molecule has 6 rings (SSSR count). The molecule has 0 aliphatic carbocycles. The van der Waals surface area contributed by atoms with Crippen molar-refractivity contribution >= 4 is 27.5 Å². The van der Waals surface area contributed by atoms with Gasteiger partial charge in [-0.2, -0.15) is 5.10 Å². The lowest BCUT2D eigenvalue weighted by Gasteiger charge is -2.33. The van der Waals surface area contributed by atoms with E-state index in [9.17, 15) is 9.50 Å². The molecule has 2 saturated heterocycles. The Morgan fingerprint density at radius 3 is 2.69 bits per heavy atom. The highest BCUT2D eigenvalue weighted by Gasteiger charge is 2.34. The highest BCUT2D eigenvalue weighted by Crippen LogP contribution is 2.39. The molecule has 2 aliphatic heterocycles. The number of benzene rings is 2. The molecule has 2 unspecified atom stereocenters. The van der Waals surface area contributed by atoms with E-state index in [1.54, 1.807) is 10.9 Å². The second-order valence-electron chi connectivity index (χ2n) is 9.43. The number of aromatic nitrogens is 3. The summed E-state index contributed by atoms with van der Waals surface area (Å²) in [4.78, 5) is 6.71. The quantitative estimate of drug-likeness (QED) is 0.425. The van der Waals surface area contributed by atoms with Gasteiger partial charge in [0.2, 0.25) is 0 Å². The van der Waals surface area contributed by atoms with Gasteiger partial charge in [0, 0.05) is 48.9 Å². The summed E-state index contributed by atoms with van der Waals surface area (Å²) in [5.41, 5.74) is 0.619. The lowest BCUT2D eigenvalue weighted by atomic mass is 9.96. The SMILES string of the molecule is C#Cc1c(F)ccc2cc(O)cc(-c3ncc4c(N5CC6CCC(C5)N6)nn(CCC)c4c3F)c12. The third-order valence-corrected chi connectivity index (χ3v) is 7.11. The van der Waals surface area contributed by atoms with Crippen LogP contribution in [-0.2, 0) is 6.54 Å². The molecule has 2 N–H and O–H groups in total. The molecule has 2 aliphatic rings. The van der Waals surface area contributed by atoms with Gasteiger partial charge in [-0.15, -0.1) is 6.42 Å². The van der Waals surface area contributed by atoms with Crippen molar-refractivity contribution in [2.75, 3.05) is 18.0 Å². The molecule has 2 atom stereocenters. The Bertz CT molecular complexity index is 1510. The molecule has 0 spiro atoms. The van der Waals surface area contributed by atoms with Gasteiger partial charge in [-0.3, -0.25) is 9.67 Å². The first kappa shape index (κ1) is 21.8. The number of rotatable bonds is 4. The zero-order valence-electron chi connectivity index (χ0n) is 19.4. The predicted molar refractivity (Wildman–Crippen MR) is 132 cm³/mol. The van der Waals surface area contributed by atoms with Gasteiger partial charge < -0.3 is 15.3 Å². The van der Waals surface area contributed by atoms with Crippen LogP contribution < -0.4 is 10.2 Å². The summed E-state index contributed by atoms with van der Waals surface area (Å²) in [7, 11) is 0. The number of fused-ring (bicyclic) bond motifs is 4. The van der Waals surface area contributed by atoms with E-state index in [2.05, 4.69) is 21.1 Å². The Morgan fingerprint density at radius 1 is 1.20 bits per heavy atom. The molecule has 2 bridgehead atoms. The van der Waals surface area contributed by atoms with Crippen molar-refractivity contribution in [3.05, 3.63) is 47.7 Å². The van der Waals surface area contributed by atoms with Crippen LogP contribution in [-0.4, -0.2) is 45.0 Å². The van der Waals surface area contributed by atoms with Crippen molar-refractivity contribution in [3.63, 3.8) is 0 Å². The van der Waals surface area contributed by atoms with Crippen LogP contribution in [0.4, 0.5) is 14.6 Å². The van der Waals surface area contributed by atoms with Crippen LogP contribution in [0.5, 0.6) is 5.75 Å². The largest absolute Gasteiger partial charge is 0.508 e. The number of aromatic hydroxyl groups is 1. The summed E-state index contributed by atoms with van der Waals surface area (Å²) in [6.07, 6.45) is 10.3. The number of nitrogens with zero attached hydrogens (tertiary/aromatic N) is 4. The van der Waals surface area contributed by atoms with E-state index in [0.29, 0.717) is 40.3 Å². The van der Waals surface area contributed by atoms with Crippen molar-refractivity contribution in [1.82, 2.24) is 20.1 Å². The molecule has 178 valence electrons. The minimum Gasteiger partial charge on any atom is -0.508 e. The van der Waals surface area contributed by atoms with Crippen LogP contribution in [0.1, 0.15) is 31.7 Å². The van der Waals surface area contributed by atoms with Gasteiger partial charge in [-0.1, -0.05) is 18.9 Å². The third-order valence-electron chi connectivity index (χ3n) is 7.11. The Morgan fingerprint density at radius 2 is 1.97 bits per heavy atom. The van der Waals surface area contributed by atoms with Gasteiger partial charge in [-0.05, 0) is 42.8 Å². The first-order valence-corrected chi connectivity index (χ1v) is 12.0. The predicted octanol–water partition coefficient (Wildman–Crippen LogP) is 4.57. The highest BCUT2D eigenvalue weighted by molar-refractivity contribution is 6.03. The van der Waals surface area contributed by atoms with Crippen LogP contribution in [0.2, 0.25) is 0 Å². The van der Waals surface area contributed by atoms with Crippen molar-refractivity contribution in [2.45, 2.75) is 44.8 Å². The maximum Gasteiger partial charge on any atom is 0.175 e. The molecule has 6 nitrogen and oxygen atoms in total. The zero-order chi connectivity index (χ0) is 24.3. The van der Waals surface area contributed by atoms with Gasteiger partial charge in [0.25, 0.3) is 0 Å². The lowest BCUT2D eigenvalue weighted by molar-refractivity contribution is 0.461. The Hall–Kier alpha value is -3.70. The highest BCUT2D eigenvalue weighted by atomic mass is 19.1. The maximum atomic E-state index is 16.3. The molecule has 2 aromatic heterocycles. The van der Waals surface area contributed by atoms with Gasteiger partial charge in [0.1, 0.15) is 22.8 Å². The number of halogens is 2. The van der Waals surface area contributed by atoms with Gasteiger partial charge in [0.15, 0.2) is 11.6 Å². The average molecular weight is 474 g/mol. The number of aryl methyl sites for hydroxylation is 1. The van der Waals surface area contributed by atoms with Gasteiger partial charge >= 0.3 is 0 Å². The van der Waals surface area contributed by atoms with E-state index in [1.165, 1.54) is 24.3 Å². The van der Waals surface area contributed by atoms with Gasteiger partial charge in [0.05, 0.1) is 10.9 Å². The van der Waals surface area contributed by atoms with Crippen molar-refractivity contribution in [1.29, 1.82) is 0 Å². The van der Waals surface area contributed by atoms with E-state index >= 15 is 4.39 Å². The topological polar surface area (TPSA) is 66.2 Å². The molecule has 2 aromatic carbocycles. The van der Waals surface area contributed by atoms with Crippen LogP contribution >= 0.6 is 0 Å². The number of hydrogen-bond donors (Lipinski definition) is 2. The molecular weight excluding hydrogens is 448 g/mol. The third kappa shape index (κ3) is 3.41. The summed E-state index contributed by atoms with van der Waals surface area (Å²) < 4.78 is 32.6. The Labute approximate surface area is 201 Å². The summed E-state index contributed by atoms with van der Waals surface area (Å²) in [6.45, 7) is 4.20. The molecule has 0 amide bonds. The van der Waals surface area contributed by atoms with Crippen molar-refractivity contribution < 1.29 is 13.9 Å². The second kappa shape index (κ2) is 8.21. The molecule has 0 saturated carbocycles. The van der Waals surface area contributed by atoms with Crippen molar-refractivity contribution in [2.24, 2.45) is 0 Å². The van der Waals surface area contributed by atoms with E-state index in [4.69, 9.17) is 11.5 Å². The number of terminal acetylenes is 1. The van der Waals surface area contributed by atoms with E-state index in [1.807, 2.05) is 6.92 Å². The number of phenolic OH excluding ortho intramolecular Hbond substituents is 1. The smallest absolute Gasteiger partial charge is 0.175 e. The van der Waals surface area contributed by atoms with Crippen LogP contribution in [0, 0.1) is 24.0 Å². The number of pyridine rings is 1. The second-order valence-corrected chi connectivity index (χ2v) is 9.43. The molecular formula is C27H25F2N5O. The molecule has 2 fully saturated rings. The number of phenols is 1. The van der Waals surface area contributed by atoms with Gasteiger partial charge in [-0.25, -0.2) is 8.78 Å². The van der Waals surface area contributed by atoms with E-state index < -0.39 is 11.6 Å². The number of anilines is 1. The first-order valence-electron chi connectivity index (χ1n) is 12.0. The molecule has 0 radical (unpaired) electrons. The monoisotopic (exact) mass is 473 g/mol. The summed E-state index contributed by atoms with van der Waals surface area (Å²) in [6, 6.07) is 6.45. The maximum absolute atomic E-state index is 16.3. The fourth-order valence-electron chi connectivity index (χ4n) is 5.63. The summed E-state index contributed by atoms with van der Waals surface area (Å²) in [5.74, 6) is 1.89. The fourth-order valence-corrected chi connectivity index (χ4v) is 5.63. The average Bonchev–Trinajstić information content (AvgIpc) is 3.39. The standard InChI is InChI=1S/C27H25F2N5O/c1-3-9-34-26-21(27(32-34)33-13-16-6-7-17(14-33)31-16)12-30-25(24(26)29)20-11-18(35)10-15-5-8-22(28)19(4-2)23(15)20/h2,5,8,10-12,16-17,31,35H,3,6-7,9,13-14H2,1H3. The van der Waals surface area contributed by atoms with E-state index in [-0.39, 0.29) is 22.6 Å². The molecule has 4 aromatic rings. The van der Waals surface area contributed by atoms with E-state index in [0.717, 1.165) is 38.2 Å². The lowest BCUT2D eigenvalue weighted by Crippen LogP contribution is -2.51. The van der Waals surface area contributed by atoms with Crippen LogP contribution in [0.3, 0.4) is 0 Å². The number of hydrogen-bond acceptors (Lipinski definition) is 5. The summed E-state index contributed by atoms with van der Waals surface area (Å²) in [5, 5.41) is 20.3.